The molecule has 0 aromatic rings. The van der Waals surface area contributed by atoms with E-state index in [1.807, 2.05) is 0 Å². The van der Waals surface area contributed by atoms with Gasteiger partial charge < -0.3 is 9.84 Å². The first-order valence-electron chi connectivity index (χ1n) is 3.83. The lowest BCUT2D eigenvalue weighted by Crippen LogP contribution is -2.03. The summed E-state index contributed by atoms with van der Waals surface area (Å²) in [5.74, 6) is -0.230. The molecular weight excluding hydrogens is 274 g/mol. The summed E-state index contributed by atoms with van der Waals surface area (Å²) in [5.41, 5.74) is 0. The molecule has 0 aromatic heterocycles. The molecule has 0 fully saturated rings. The quantitative estimate of drug-likeness (QED) is 0.638. The first-order valence-corrected chi connectivity index (χ1v) is 5.34. The third-order valence-corrected chi connectivity index (χ3v) is 0.844. The standard InChI is InChI=1S/C6H12O3.CCl4/c1-2-9-6(8)4-3-5-7;2-1(3,4)5/h7H,2-5H2,1H3;. The van der Waals surface area contributed by atoms with Crippen molar-refractivity contribution in [2.24, 2.45) is 0 Å². The zero-order valence-electron chi connectivity index (χ0n) is 7.60. The molecule has 0 saturated heterocycles. The molecule has 0 spiro atoms. The summed E-state index contributed by atoms with van der Waals surface area (Å²) < 4.78 is 2.98. The normalized spacial score (nSPS) is 10.1. The van der Waals surface area contributed by atoms with Crippen molar-refractivity contribution in [3.63, 3.8) is 0 Å². The fourth-order valence-electron chi connectivity index (χ4n) is 0.457. The highest BCUT2D eigenvalue weighted by atomic mass is 35.6. The van der Waals surface area contributed by atoms with Gasteiger partial charge in [0.05, 0.1) is 6.61 Å². The maximum absolute atomic E-state index is 10.5. The SMILES string of the molecule is CCOC(=O)CCCO.ClC(Cl)(Cl)Cl. The minimum absolute atomic E-state index is 0.0544. The summed E-state index contributed by atoms with van der Waals surface area (Å²) in [5, 5.41) is 8.28. The lowest BCUT2D eigenvalue weighted by molar-refractivity contribution is -0.143. The maximum Gasteiger partial charge on any atom is 0.305 e. The molecule has 86 valence electrons. The van der Waals surface area contributed by atoms with Gasteiger partial charge >= 0.3 is 5.97 Å². The monoisotopic (exact) mass is 284 g/mol. The molecule has 0 atom stereocenters. The average molecular weight is 286 g/mol. The van der Waals surface area contributed by atoms with E-state index in [0.29, 0.717) is 19.4 Å². The van der Waals surface area contributed by atoms with Crippen LogP contribution in [0.2, 0.25) is 0 Å². The van der Waals surface area contributed by atoms with Crippen molar-refractivity contribution in [3.8, 4) is 0 Å². The number of halogens is 4. The van der Waals surface area contributed by atoms with Gasteiger partial charge in [-0.1, -0.05) is 46.4 Å². The molecule has 0 bridgehead atoms. The Morgan fingerprint density at radius 2 is 1.79 bits per heavy atom. The third kappa shape index (κ3) is 29.4. The van der Waals surface area contributed by atoms with Gasteiger partial charge in [0.15, 0.2) is 0 Å². The highest BCUT2D eigenvalue weighted by Gasteiger charge is 2.11. The molecule has 0 heterocycles. The zero-order chi connectivity index (χ0) is 11.6. The van der Waals surface area contributed by atoms with Gasteiger partial charge in [-0.05, 0) is 13.3 Å². The van der Waals surface area contributed by atoms with E-state index in [-0.39, 0.29) is 12.6 Å². The number of aliphatic hydroxyl groups is 1. The molecular formula is C7H12Cl4O3. The van der Waals surface area contributed by atoms with Crippen LogP contribution in [0, 0.1) is 0 Å². The Balaban J connectivity index is 0. The van der Waals surface area contributed by atoms with E-state index in [2.05, 4.69) is 4.74 Å². The number of alkyl halides is 4. The van der Waals surface area contributed by atoms with E-state index in [4.69, 9.17) is 51.5 Å². The van der Waals surface area contributed by atoms with Crippen LogP contribution < -0.4 is 0 Å². The number of rotatable bonds is 4. The highest BCUT2D eigenvalue weighted by Crippen LogP contribution is 2.29. The van der Waals surface area contributed by atoms with Crippen molar-refractivity contribution in [3.05, 3.63) is 0 Å². The lowest BCUT2D eigenvalue weighted by Gasteiger charge is -1.97. The molecule has 1 N–H and O–H groups in total. The molecule has 14 heavy (non-hydrogen) atoms. The van der Waals surface area contributed by atoms with Gasteiger partial charge in [-0.2, -0.15) is 0 Å². The Morgan fingerprint density at radius 3 is 2.07 bits per heavy atom. The Hall–Kier alpha value is 0.590. The van der Waals surface area contributed by atoms with Crippen molar-refractivity contribution in [2.45, 2.75) is 23.0 Å². The Morgan fingerprint density at radius 1 is 1.36 bits per heavy atom. The van der Waals surface area contributed by atoms with Crippen LogP contribution >= 0.6 is 46.4 Å². The molecule has 0 unspecified atom stereocenters. The topological polar surface area (TPSA) is 46.5 Å². The van der Waals surface area contributed by atoms with Crippen molar-refractivity contribution < 1.29 is 14.6 Å². The lowest BCUT2D eigenvalue weighted by atomic mass is 10.3. The average Bonchev–Trinajstić information content (AvgIpc) is 1.98. The Bertz CT molecular complexity index is 140. The Kier molecular flexibility index (Phi) is 12.3. The second kappa shape index (κ2) is 10.1. The molecule has 0 radical (unpaired) electrons. The third-order valence-electron chi connectivity index (χ3n) is 0.844. The predicted octanol–water partition coefficient (Wildman–Crippen LogP) is 2.87. The second-order valence-electron chi connectivity index (χ2n) is 2.06. The van der Waals surface area contributed by atoms with Crippen molar-refractivity contribution >= 4 is 52.4 Å². The Labute approximate surface area is 103 Å². The van der Waals surface area contributed by atoms with Crippen LogP contribution in [-0.2, 0) is 9.53 Å². The molecule has 0 amide bonds. The minimum atomic E-state index is -1.61. The van der Waals surface area contributed by atoms with Crippen LogP contribution in [0.4, 0.5) is 0 Å². The fourth-order valence-corrected chi connectivity index (χ4v) is 0.457. The number of carbonyl (C=O) groups is 1. The summed E-state index contributed by atoms with van der Waals surface area (Å²) >= 11 is 19.3. The summed E-state index contributed by atoms with van der Waals surface area (Å²) in [6.07, 6.45) is 0.823. The van der Waals surface area contributed by atoms with E-state index in [9.17, 15) is 4.79 Å². The van der Waals surface area contributed by atoms with Crippen LogP contribution in [-0.4, -0.2) is 27.5 Å². The molecule has 3 nitrogen and oxygen atoms in total. The molecule has 0 aliphatic heterocycles. The number of hydrogen-bond acceptors (Lipinski definition) is 3. The molecule has 0 saturated carbocycles. The molecule has 0 rings (SSSR count). The van der Waals surface area contributed by atoms with E-state index >= 15 is 0 Å². The van der Waals surface area contributed by atoms with Crippen LogP contribution in [0.5, 0.6) is 0 Å². The fraction of sp³-hybridized carbons (Fsp3) is 0.857. The van der Waals surface area contributed by atoms with Gasteiger partial charge in [0.1, 0.15) is 0 Å². The van der Waals surface area contributed by atoms with Gasteiger partial charge in [0, 0.05) is 13.0 Å². The summed E-state index contributed by atoms with van der Waals surface area (Å²) in [4.78, 5) is 10.5. The zero-order valence-corrected chi connectivity index (χ0v) is 10.6. The summed E-state index contributed by atoms with van der Waals surface area (Å²) in [7, 11) is 0. The van der Waals surface area contributed by atoms with Gasteiger partial charge in [-0.15, -0.1) is 0 Å². The molecule has 7 heteroatoms. The van der Waals surface area contributed by atoms with Crippen LogP contribution in [0.25, 0.3) is 0 Å². The van der Waals surface area contributed by atoms with Gasteiger partial charge in [0.2, 0.25) is 0 Å². The van der Waals surface area contributed by atoms with E-state index in [0.717, 1.165) is 0 Å². The smallest absolute Gasteiger partial charge is 0.305 e. The summed E-state index contributed by atoms with van der Waals surface area (Å²) in [6, 6.07) is 0. The number of ether oxygens (including phenoxy) is 1. The van der Waals surface area contributed by atoms with Crippen LogP contribution in [0.1, 0.15) is 19.8 Å². The second-order valence-corrected chi connectivity index (χ2v) is 5.49. The summed E-state index contributed by atoms with van der Waals surface area (Å²) in [6.45, 7) is 2.24. The van der Waals surface area contributed by atoms with Crippen LogP contribution in [0.15, 0.2) is 0 Å². The van der Waals surface area contributed by atoms with Crippen molar-refractivity contribution in [2.75, 3.05) is 13.2 Å². The number of aliphatic hydroxyl groups excluding tert-OH is 1. The van der Waals surface area contributed by atoms with E-state index in [1.54, 1.807) is 6.92 Å². The first-order chi connectivity index (χ1) is 6.31. The highest BCUT2D eigenvalue weighted by molar-refractivity contribution is 6.83. The predicted molar refractivity (Wildman–Crippen MR) is 59.1 cm³/mol. The van der Waals surface area contributed by atoms with E-state index < -0.39 is 3.25 Å². The van der Waals surface area contributed by atoms with Gasteiger partial charge in [0.25, 0.3) is 3.25 Å². The number of hydrogen-bond donors (Lipinski definition) is 1. The van der Waals surface area contributed by atoms with Gasteiger partial charge in [-0.25, -0.2) is 0 Å². The maximum atomic E-state index is 10.5. The van der Waals surface area contributed by atoms with Crippen molar-refractivity contribution in [1.82, 2.24) is 0 Å². The first kappa shape index (κ1) is 17.0. The van der Waals surface area contributed by atoms with E-state index in [1.165, 1.54) is 0 Å². The minimum Gasteiger partial charge on any atom is -0.466 e. The molecule has 0 aromatic carbocycles. The number of esters is 1. The number of carbonyl (C=O) groups excluding carboxylic acids is 1. The van der Waals surface area contributed by atoms with Crippen LogP contribution in [0.3, 0.4) is 0 Å². The molecule has 0 aliphatic rings. The largest absolute Gasteiger partial charge is 0.466 e. The van der Waals surface area contributed by atoms with Crippen molar-refractivity contribution in [1.29, 1.82) is 0 Å². The molecule has 0 aliphatic carbocycles. The van der Waals surface area contributed by atoms with Gasteiger partial charge in [-0.3, -0.25) is 4.79 Å².